The lowest BCUT2D eigenvalue weighted by Gasteiger charge is -1.89. The van der Waals surface area contributed by atoms with E-state index in [9.17, 15) is 4.79 Å². The van der Waals surface area contributed by atoms with Crippen LogP contribution in [-0.4, -0.2) is 25.1 Å². The average molecular weight is 163 g/mol. The molecule has 2 N–H and O–H groups in total. The van der Waals surface area contributed by atoms with Crippen LogP contribution in [0.5, 0.6) is 0 Å². The first-order valence-electron chi connectivity index (χ1n) is 3.28. The maximum absolute atomic E-state index is 10.6. The van der Waals surface area contributed by atoms with Gasteiger partial charge in [0.15, 0.2) is 11.6 Å². The van der Waals surface area contributed by atoms with Gasteiger partial charge in [-0.1, -0.05) is 0 Å². The minimum atomic E-state index is -0.363. The molecule has 2 rings (SSSR count). The van der Waals surface area contributed by atoms with E-state index in [-0.39, 0.29) is 5.69 Å². The fourth-order valence-corrected chi connectivity index (χ4v) is 0.797. The fraction of sp³-hybridized carbons (Fsp3) is 0. The molecule has 0 fully saturated rings. The van der Waals surface area contributed by atoms with E-state index in [4.69, 9.17) is 0 Å². The van der Waals surface area contributed by atoms with Crippen LogP contribution in [0.2, 0.25) is 0 Å². The zero-order valence-electron chi connectivity index (χ0n) is 5.98. The first-order chi connectivity index (χ1) is 5.86. The lowest BCUT2D eigenvalue weighted by Crippen LogP contribution is -2.00. The van der Waals surface area contributed by atoms with Crippen LogP contribution in [0.4, 0.5) is 0 Å². The van der Waals surface area contributed by atoms with Crippen molar-refractivity contribution in [3.8, 4) is 11.6 Å². The number of nitrogens with zero attached hydrogens (tertiary/aromatic N) is 3. The van der Waals surface area contributed by atoms with Gasteiger partial charge in [-0.2, -0.15) is 0 Å². The molecule has 0 aliphatic heterocycles. The second-order valence-corrected chi connectivity index (χ2v) is 2.10. The summed E-state index contributed by atoms with van der Waals surface area (Å²) in [6.07, 6.45) is 3.16. The van der Waals surface area contributed by atoms with Crippen LogP contribution in [0, 0.1) is 0 Å². The molecule has 0 atom stereocenters. The van der Waals surface area contributed by atoms with E-state index in [0.717, 1.165) is 0 Å². The summed E-state index contributed by atoms with van der Waals surface area (Å²) in [5.74, 6) is 0.747. The Morgan fingerprint density at radius 1 is 1.25 bits per heavy atom. The van der Waals surface area contributed by atoms with Crippen molar-refractivity contribution in [3.63, 3.8) is 0 Å². The number of nitrogens with one attached hydrogen (secondary N) is 2. The Hall–Kier alpha value is -1.98. The molecule has 60 valence electrons. The molecular formula is C6H5N5O. The standard InChI is InChI=1S/C6H5N5O/c12-6-9-5(10-11-6)4-7-2-1-3-8-4/h1-3H,(H2,9,10,11,12). The van der Waals surface area contributed by atoms with Crippen LogP contribution in [-0.2, 0) is 0 Å². The van der Waals surface area contributed by atoms with Crippen LogP contribution in [0.25, 0.3) is 11.6 Å². The van der Waals surface area contributed by atoms with Gasteiger partial charge >= 0.3 is 5.69 Å². The van der Waals surface area contributed by atoms with Crippen LogP contribution < -0.4 is 5.69 Å². The first kappa shape index (κ1) is 6.71. The van der Waals surface area contributed by atoms with Crippen molar-refractivity contribution >= 4 is 0 Å². The number of rotatable bonds is 1. The monoisotopic (exact) mass is 163 g/mol. The van der Waals surface area contributed by atoms with Gasteiger partial charge in [-0.15, -0.1) is 5.10 Å². The third-order valence-corrected chi connectivity index (χ3v) is 1.28. The van der Waals surface area contributed by atoms with Crippen LogP contribution in [0.15, 0.2) is 23.3 Å². The Kier molecular flexibility index (Phi) is 1.44. The minimum absolute atomic E-state index is 0.348. The number of hydrogen-bond acceptors (Lipinski definition) is 4. The van der Waals surface area contributed by atoms with E-state index in [0.29, 0.717) is 11.6 Å². The fourth-order valence-electron chi connectivity index (χ4n) is 0.797. The lowest BCUT2D eigenvalue weighted by molar-refractivity contribution is 1.04. The van der Waals surface area contributed by atoms with Crippen molar-refractivity contribution in [2.24, 2.45) is 0 Å². The number of hydrogen-bond donors (Lipinski definition) is 2. The Morgan fingerprint density at radius 3 is 2.58 bits per heavy atom. The Balaban J connectivity index is 2.51. The third kappa shape index (κ3) is 1.09. The molecule has 0 spiro atoms. The Morgan fingerprint density at radius 2 is 2.00 bits per heavy atom. The maximum Gasteiger partial charge on any atom is 0.341 e. The minimum Gasteiger partial charge on any atom is -0.286 e. The van der Waals surface area contributed by atoms with Gasteiger partial charge in [0.2, 0.25) is 0 Å². The zero-order chi connectivity index (χ0) is 8.39. The normalized spacial score (nSPS) is 10.0. The molecule has 0 saturated carbocycles. The second-order valence-electron chi connectivity index (χ2n) is 2.10. The van der Waals surface area contributed by atoms with E-state index in [1.54, 1.807) is 18.5 Å². The van der Waals surface area contributed by atoms with Crippen molar-refractivity contribution in [1.29, 1.82) is 0 Å². The Labute approximate surface area is 66.7 Å². The zero-order valence-corrected chi connectivity index (χ0v) is 5.98. The van der Waals surface area contributed by atoms with Crippen LogP contribution >= 0.6 is 0 Å². The predicted octanol–water partition coefficient (Wildman–Crippen LogP) is -0.445. The second kappa shape index (κ2) is 2.57. The van der Waals surface area contributed by atoms with Crippen molar-refractivity contribution in [2.45, 2.75) is 0 Å². The number of aromatic nitrogens is 5. The van der Waals surface area contributed by atoms with Gasteiger partial charge in [0, 0.05) is 12.4 Å². The third-order valence-electron chi connectivity index (χ3n) is 1.28. The summed E-state index contributed by atoms with van der Waals surface area (Å²) in [6.45, 7) is 0. The SMILES string of the molecule is O=c1[nH]nc(-c2ncccn2)[nH]1. The topological polar surface area (TPSA) is 87.3 Å². The van der Waals surface area contributed by atoms with Gasteiger partial charge in [-0.25, -0.2) is 19.9 Å². The molecule has 6 heteroatoms. The molecule has 0 bridgehead atoms. The number of H-pyrrole nitrogens is 2. The average Bonchev–Trinajstić information content (AvgIpc) is 2.54. The first-order valence-corrected chi connectivity index (χ1v) is 3.28. The van der Waals surface area contributed by atoms with Gasteiger partial charge in [0.05, 0.1) is 0 Å². The Bertz CT molecular complexity index is 417. The summed E-state index contributed by atoms with van der Waals surface area (Å²) in [6, 6.07) is 1.69. The summed E-state index contributed by atoms with van der Waals surface area (Å²) in [5, 5.41) is 5.89. The molecule has 12 heavy (non-hydrogen) atoms. The largest absolute Gasteiger partial charge is 0.341 e. The van der Waals surface area contributed by atoms with Crippen molar-refractivity contribution in [2.75, 3.05) is 0 Å². The lowest BCUT2D eigenvalue weighted by atomic mass is 10.5. The quantitative estimate of drug-likeness (QED) is 0.596. The highest BCUT2D eigenvalue weighted by molar-refractivity contribution is 5.39. The molecule has 0 saturated heterocycles. The molecule has 2 aromatic rings. The van der Waals surface area contributed by atoms with Gasteiger partial charge in [-0.05, 0) is 6.07 Å². The van der Waals surface area contributed by atoms with E-state index >= 15 is 0 Å². The molecule has 2 aromatic heterocycles. The summed E-state index contributed by atoms with van der Waals surface area (Å²) in [7, 11) is 0. The summed E-state index contributed by atoms with van der Waals surface area (Å²) in [5.41, 5.74) is -0.363. The highest BCUT2D eigenvalue weighted by Gasteiger charge is 2.02. The highest BCUT2D eigenvalue weighted by Crippen LogP contribution is 2.01. The predicted molar refractivity (Wildman–Crippen MR) is 40.2 cm³/mol. The van der Waals surface area contributed by atoms with E-state index in [1.807, 2.05) is 0 Å². The van der Waals surface area contributed by atoms with Gasteiger partial charge in [0.1, 0.15) is 0 Å². The molecule has 6 nitrogen and oxygen atoms in total. The molecule has 0 amide bonds. The van der Waals surface area contributed by atoms with Crippen LogP contribution in [0.3, 0.4) is 0 Å². The molecule has 0 aromatic carbocycles. The van der Waals surface area contributed by atoms with Gasteiger partial charge < -0.3 is 0 Å². The summed E-state index contributed by atoms with van der Waals surface area (Å²) >= 11 is 0. The van der Waals surface area contributed by atoms with E-state index < -0.39 is 0 Å². The highest BCUT2D eigenvalue weighted by atomic mass is 16.1. The van der Waals surface area contributed by atoms with E-state index in [1.165, 1.54) is 0 Å². The smallest absolute Gasteiger partial charge is 0.286 e. The number of aromatic amines is 2. The molecule has 0 radical (unpaired) electrons. The molecular weight excluding hydrogens is 158 g/mol. The van der Waals surface area contributed by atoms with Gasteiger partial charge in [-0.3, -0.25) is 4.98 Å². The van der Waals surface area contributed by atoms with Crippen molar-refractivity contribution in [3.05, 3.63) is 28.9 Å². The molecule has 2 heterocycles. The maximum atomic E-state index is 10.6. The van der Waals surface area contributed by atoms with E-state index in [2.05, 4.69) is 25.1 Å². The van der Waals surface area contributed by atoms with Crippen molar-refractivity contribution < 1.29 is 0 Å². The molecule has 0 aliphatic carbocycles. The molecule has 0 aliphatic rings. The van der Waals surface area contributed by atoms with Gasteiger partial charge in [0.25, 0.3) is 0 Å². The summed E-state index contributed by atoms with van der Waals surface area (Å²) < 4.78 is 0. The molecule has 0 unspecified atom stereocenters. The van der Waals surface area contributed by atoms with Crippen molar-refractivity contribution in [1.82, 2.24) is 25.1 Å². The van der Waals surface area contributed by atoms with Crippen LogP contribution in [0.1, 0.15) is 0 Å². The summed E-state index contributed by atoms with van der Waals surface area (Å²) in [4.78, 5) is 20.9.